The van der Waals surface area contributed by atoms with Gasteiger partial charge in [0.25, 0.3) is 5.91 Å². The Kier molecular flexibility index (Phi) is 7.37. The molecule has 2 rings (SSSR count). The molecule has 5 heteroatoms. The van der Waals surface area contributed by atoms with Crippen LogP contribution in [0.25, 0.3) is 0 Å². The number of piperidine rings is 1. The zero-order chi connectivity index (χ0) is 17.4. The van der Waals surface area contributed by atoms with E-state index in [0.717, 1.165) is 24.6 Å². The fraction of sp³-hybridized carbons (Fsp3) is 0.632. The second-order valence-corrected chi connectivity index (χ2v) is 6.60. The van der Waals surface area contributed by atoms with Crippen molar-refractivity contribution in [2.45, 2.75) is 39.2 Å². The molecule has 0 aliphatic carbocycles. The molecule has 1 N–H and O–H groups in total. The Morgan fingerprint density at radius 1 is 1.25 bits per heavy atom. The molecule has 1 amide bonds. The lowest BCUT2D eigenvalue weighted by molar-refractivity contribution is -0.127. The van der Waals surface area contributed by atoms with E-state index in [4.69, 9.17) is 9.47 Å². The molecular weight excluding hydrogens is 304 g/mol. The second kappa shape index (κ2) is 9.52. The molecule has 134 valence electrons. The van der Waals surface area contributed by atoms with Crippen molar-refractivity contribution in [2.75, 3.05) is 33.3 Å². The van der Waals surface area contributed by atoms with E-state index in [2.05, 4.69) is 17.1 Å². The molecule has 0 unspecified atom stereocenters. The quantitative estimate of drug-likeness (QED) is 0.743. The Morgan fingerprint density at radius 3 is 2.50 bits per heavy atom. The van der Waals surface area contributed by atoms with E-state index in [0.29, 0.717) is 12.3 Å². The predicted octanol–water partition coefficient (Wildman–Crippen LogP) is 2.70. The first kappa shape index (κ1) is 18.6. The Balaban J connectivity index is 1.62. The van der Waals surface area contributed by atoms with Crippen molar-refractivity contribution in [1.82, 2.24) is 10.2 Å². The van der Waals surface area contributed by atoms with Crippen LogP contribution in [0.2, 0.25) is 0 Å². The minimum absolute atomic E-state index is 0.0712. The first-order valence-electron chi connectivity index (χ1n) is 8.89. The molecule has 24 heavy (non-hydrogen) atoms. The maximum Gasteiger partial charge on any atom is 0.260 e. The summed E-state index contributed by atoms with van der Waals surface area (Å²) >= 11 is 0. The molecule has 1 aliphatic heterocycles. The second-order valence-electron chi connectivity index (χ2n) is 6.60. The van der Waals surface area contributed by atoms with Crippen LogP contribution in [0.3, 0.4) is 0 Å². The SMILES string of the molecule is COc1ccc(O[C@H](C)C(=O)NCCCN2CCC(C)CC2)cc1. The number of nitrogens with one attached hydrogen (secondary N) is 1. The molecule has 5 nitrogen and oxygen atoms in total. The fourth-order valence-electron chi connectivity index (χ4n) is 2.86. The largest absolute Gasteiger partial charge is 0.497 e. The van der Waals surface area contributed by atoms with Gasteiger partial charge in [0.2, 0.25) is 0 Å². The first-order chi connectivity index (χ1) is 11.6. The molecule has 0 aromatic heterocycles. The van der Waals surface area contributed by atoms with Crippen LogP contribution in [0.4, 0.5) is 0 Å². The Bertz CT molecular complexity index is 496. The highest BCUT2D eigenvalue weighted by molar-refractivity contribution is 5.80. The average molecular weight is 334 g/mol. The number of hydrogen-bond acceptors (Lipinski definition) is 4. The summed E-state index contributed by atoms with van der Waals surface area (Å²) in [6.07, 6.45) is 3.06. The van der Waals surface area contributed by atoms with Crippen molar-refractivity contribution in [2.24, 2.45) is 5.92 Å². The number of methoxy groups -OCH3 is 1. The van der Waals surface area contributed by atoms with Gasteiger partial charge in [0.05, 0.1) is 7.11 Å². The number of ether oxygens (including phenoxy) is 2. The molecular formula is C19H30N2O3. The standard InChI is InChI=1S/C19H30N2O3/c1-15-9-13-21(14-10-15)12-4-11-20-19(22)16(2)24-18-7-5-17(23-3)6-8-18/h5-8,15-16H,4,9-14H2,1-3H3,(H,20,22)/t16-/m1/s1. The topological polar surface area (TPSA) is 50.8 Å². The normalized spacial score (nSPS) is 17.3. The van der Waals surface area contributed by atoms with Gasteiger partial charge in [-0.3, -0.25) is 4.79 Å². The van der Waals surface area contributed by atoms with Gasteiger partial charge in [-0.1, -0.05) is 6.92 Å². The number of carbonyl (C=O) groups is 1. The van der Waals surface area contributed by atoms with E-state index < -0.39 is 6.10 Å². The van der Waals surface area contributed by atoms with Gasteiger partial charge in [-0.25, -0.2) is 0 Å². The number of benzene rings is 1. The van der Waals surface area contributed by atoms with Gasteiger partial charge in [-0.2, -0.15) is 0 Å². The number of carbonyl (C=O) groups excluding carboxylic acids is 1. The molecule has 1 saturated heterocycles. The zero-order valence-corrected chi connectivity index (χ0v) is 15.1. The lowest BCUT2D eigenvalue weighted by Gasteiger charge is -2.30. The third-order valence-corrected chi connectivity index (χ3v) is 4.57. The molecule has 1 atom stereocenters. The van der Waals surface area contributed by atoms with E-state index in [9.17, 15) is 4.79 Å². The molecule has 1 aromatic rings. The third-order valence-electron chi connectivity index (χ3n) is 4.57. The van der Waals surface area contributed by atoms with Gasteiger partial charge < -0.3 is 19.7 Å². The Hall–Kier alpha value is -1.75. The summed E-state index contributed by atoms with van der Waals surface area (Å²) in [6, 6.07) is 7.25. The highest BCUT2D eigenvalue weighted by Crippen LogP contribution is 2.18. The average Bonchev–Trinajstić information content (AvgIpc) is 2.60. The van der Waals surface area contributed by atoms with Gasteiger partial charge in [-0.15, -0.1) is 0 Å². The maximum atomic E-state index is 12.1. The molecule has 1 aromatic carbocycles. The minimum atomic E-state index is -0.505. The highest BCUT2D eigenvalue weighted by atomic mass is 16.5. The van der Waals surface area contributed by atoms with Crippen molar-refractivity contribution in [3.8, 4) is 11.5 Å². The van der Waals surface area contributed by atoms with Crippen LogP contribution < -0.4 is 14.8 Å². The summed E-state index contributed by atoms with van der Waals surface area (Å²) in [5.74, 6) is 2.22. The van der Waals surface area contributed by atoms with Crippen LogP contribution in [0.1, 0.15) is 33.1 Å². The summed E-state index contributed by atoms with van der Waals surface area (Å²) < 4.78 is 10.8. The lowest BCUT2D eigenvalue weighted by atomic mass is 9.99. The third kappa shape index (κ3) is 6.04. The van der Waals surface area contributed by atoms with E-state index in [1.807, 2.05) is 12.1 Å². The number of rotatable bonds is 8. The van der Waals surface area contributed by atoms with Crippen molar-refractivity contribution < 1.29 is 14.3 Å². The molecule has 0 bridgehead atoms. The smallest absolute Gasteiger partial charge is 0.260 e. The van der Waals surface area contributed by atoms with Crippen molar-refractivity contribution in [3.63, 3.8) is 0 Å². The molecule has 1 fully saturated rings. The summed E-state index contributed by atoms with van der Waals surface area (Å²) in [4.78, 5) is 14.6. The number of nitrogens with zero attached hydrogens (tertiary/aromatic N) is 1. The van der Waals surface area contributed by atoms with Gasteiger partial charge in [0.15, 0.2) is 6.10 Å². The van der Waals surface area contributed by atoms with Crippen molar-refractivity contribution >= 4 is 5.91 Å². The fourth-order valence-corrected chi connectivity index (χ4v) is 2.86. The van der Waals surface area contributed by atoms with Crippen LogP contribution in [-0.2, 0) is 4.79 Å². The lowest BCUT2D eigenvalue weighted by Crippen LogP contribution is -2.39. The number of amides is 1. The van der Waals surface area contributed by atoms with Gasteiger partial charge >= 0.3 is 0 Å². The Labute approximate surface area is 145 Å². The minimum Gasteiger partial charge on any atom is -0.497 e. The maximum absolute atomic E-state index is 12.1. The van der Waals surface area contributed by atoms with Gasteiger partial charge in [0, 0.05) is 6.54 Å². The number of hydrogen-bond donors (Lipinski definition) is 1. The van der Waals surface area contributed by atoms with Gasteiger partial charge in [-0.05, 0) is 76.0 Å². The number of likely N-dealkylation sites (tertiary alicyclic amines) is 1. The summed E-state index contributed by atoms with van der Waals surface area (Å²) in [7, 11) is 1.62. The first-order valence-corrected chi connectivity index (χ1v) is 8.89. The monoisotopic (exact) mass is 334 g/mol. The summed E-state index contributed by atoms with van der Waals surface area (Å²) in [6.45, 7) is 8.22. The molecule has 0 radical (unpaired) electrons. The van der Waals surface area contributed by atoms with Crippen LogP contribution >= 0.6 is 0 Å². The molecule has 0 spiro atoms. The van der Waals surface area contributed by atoms with Crippen LogP contribution in [0.15, 0.2) is 24.3 Å². The summed E-state index contributed by atoms with van der Waals surface area (Å²) in [5, 5.41) is 2.96. The van der Waals surface area contributed by atoms with E-state index in [1.165, 1.54) is 25.9 Å². The van der Waals surface area contributed by atoms with Crippen LogP contribution in [0, 0.1) is 5.92 Å². The predicted molar refractivity (Wildman–Crippen MR) is 95.5 cm³/mol. The molecule has 1 aliphatic rings. The summed E-state index contributed by atoms with van der Waals surface area (Å²) in [5.41, 5.74) is 0. The van der Waals surface area contributed by atoms with Crippen LogP contribution in [0.5, 0.6) is 11.5 Å². The highest BCUT2D eigenvalue weighted by Gasteiger charge is 2.16. The van der Waals surface area contributed by atoms with E-state index >= 15 is 0 Å². The van der Waals surface area contributed by atoms with Crippen molar-refractivity contribution in [1.29, 1.82) is 0 Å². The van der Waals surface area contributed by atoms with E-state index in [-0.39, 0.29) is 5.91 Å². The van der Waals surface area contributed by atoms with Crippen LogP contribution in [-0.4, -0.2) is 50.2 Å². The Morgan fingerprint density at radius 2 is 1.88 bits per heavy atom. The van der Waals surface area contributed by atoms with E-state index in [1.54, 1.807) is 26.2 Å². The zero-order valence-electron chi connectivity index (χ0n) is 15.1. The van der Waals surface area contributed by atoms with Gasteiger partial charge in [0.1, 0.15) is 11.5 Å². The molecule has 0 saturated carbocycles. The molecule has 1 heterocycles. The van der Waals surface area contributed by atoms with Crippen molar-refractivity contribution in [3.05, 3.63) is 24.3 Å².